The average molecular weight is 339 g/mol. The van der Waals surface area contributed by atoms with Gasteiger partial charge in [-0.1, -0.05) is 11.6 Å². The Morgan fingerprint density at radius 2 is 2.14 bits per heavy atom. The van der Waals surface area contributed by atoms with E-state index in [-0.39, 0.29) is 5.92 Å². The molecule has 6 heteroatoms. The first-order chi connectivity index (χ1) is 10.6. The van der Waals surface area contributed by atoms with Crippen molar-refractivity contribution in [2.75, 3.05) is 6.54 Å². The van der Waals surface area contributed by atoms with Gasteiger partial charge in [-0.05, 0) is 43.9 Å². The molecule has 0 saturated heterocycles. The predicted octanol–water partition coefficient (Wildman–Crippen LogP) is 3.73. The number of hydrogen-bond donors (Lipinski definition) is 2. The van der Waals surface area contributed by atoms with E-state index in [1.807, 2.05) is 18.2 Å². The third-order valence-corrected chi connectivity index (χ3v) is 5.57. The van der Waals surface area contributed by atoms with Gasteiger partial charge in [-0.3, -0.25) is 4.79 Å². The van der Waals surface area contributed by atoms with Crippen LogP contribution in [0.4, 0.5) is 0 Å². The van der Waals surface area contributed by atoms with Crippen LogP contribution in [0.1, 0.15) is 30.7 Å². The third-order valence-electron chi connectivity index (χ3n) is 4.24. The topological polar surface area (TPSA) is 62.2 Å². The molecule has 2 N–H and O–H groups in total. The molecule has 1 aliphatic carbocycles. The summed E-state index contributed by atoms with van der Waals surface area (Å²) in [5.41, 5.74) is 0.967. The summed E-state index contributed by atoms with van der Waals surface area (Å²) < 4.78 is 1.17. The molecule has 1 aromatic carbocycles. The summed E-state index contributed by atoms with van der Waals surface area (Å²) in [5.74, 6) is -0.793. The molecule has 4 nitrogen and oxygen atoms in total. The lowest BCUT2D eigenvalue weighted by molar-refractivity contribution is -0.142. The number of benzene rings is 1. The maximum absolute atomic E-state index is 10.9. The summed E-state index contributed by atoms with van der Waals surface area (Å²) in [6.07, 6.45) is 4.37. The van der Waals surface area contributed by atoms with E-state index >= 15 is 0 Å². The Hall–Kier alpha value is -1.17. The standard InChI is InChI=1S/C16H19ClN2O2S/c17-11-3-6-14-13(9-11)19-15(22-14)7-8-18-12-4-1-10(2-5-12)16(20)21/h3,6,9-10,12,18H,1-2,4-5,7-8H2,(H,20,21). The van der Waals surface area contributed by atoms with Crippen LogP contribution in [-0.4, -0.2) is 28.6 Å². The van der Waals surface area contributed by atoms with E-state index < -0.39 is 5.97 Å². The molecule has 0 amide bonds. The number of nitrogens with one attached hydrogen (secondary N) is 1. The normalized spacial score (nSPS) is 22.0. The molecular formula is C16H19ClN2O2S. The fourth-order valence-electron chi connectivity index (χ4n) is 2.98. The molecule has 0 radical (unpaired) electrons. The Labute approximate surface area is 138 Å². The average Bonchev–Trinajstić information content (AvgIpc) is 2.89. The summed E-state index contributed by atoms with van der Waals surface area (Å²) in [5, 5.41) is 14.4. The van der Waals surface area contributed by atoms with Crippen LogP contribution >= 0.6 is 22.9 Å². The number of fused-ring (bicyclic) bond motifs is 1. The van der Waals surface area contributed by atoms with E-state index in [4.69, 9.17) is 16.7 Å². The highest BCUT2D eigenvalue weighted by molar-refractivity contribution is 7.18. The SMILES string of the molecule is O=C(O)C1CCC(NCCc2nc3cc(Cl)ccc3s2)CC1. The van der Waals surface area contributed by atoms with Crippen LogP contribution < -0.4 is 5.32 Å². The molecule has 22 heavy (non-hydrogen) atoms. The molecule has 0 spiro atoms. The van der Waals surface area contributed by atoms with Gasteiger partial charge >= 0.3 is 5.97 Å². The lowest BCUT2D eigenvalue weighted by Gasteiger charge is -2.26. The molecule has 1 aliphatic rings. The molecule has 1 fully saturated rings. The smallest absolute Gasteiger partial charge is 0.306 e. The van der Waals surface area contributed by atoms with Crippen molar-refractivity contribution < 1.29 is 9.90 Å². The van der Waals surface area contributed by atoms with E-state index in [1.54, 1.807) is 11.3 Å². The second-order valence-electron chi connectivity index (χ2n) is 5.81. The number of carboxylic acids is 1. The van der Waals surface area contributed by atoms with Crippen LogP contribution in [0.2, 0.25) is 5.02 Å². The minimum atomic E-state index is -0.647. The van der Waals surface area contributed by atoms with Crippen molar-refractivity contribution in [1.29, 1.82) is 0 Å². The third kappa shape index (κ3) is 3.77. The molecule has 1 aromatic heterocycles. The summed E-state index contributed by atoms with van der Waals surface area (Å²) in [7, 11) is 0. The second kappa shape index (κ2) is 6.94. The van der Waals surface area contributed by atoms with Gasteiger partial charge in [-0.15, -0.1) is 11.3 Å². The molecule has 0 atom stereocenters. The first-order valence-corrected chi connectivity index (χ1v) is 8.82. The minimum Gasteiger partial charge on any atom is -0.481 e. The van der Waals surface area contributed by atoms with Crippen molar-refractivity contribution >= 4 is 39.1 Å². The van der Waals surface area contributed by atoms with Gasteiger partial charge in [0.1, 0.15) is 0 Å². The van der Waals surface area contributed by atoms with Gasteiger partial charge in [-0.2, -0.15) is 0 Å². The summed E-state index contributed by atoms with van der Waals surface area (Å²) in [4.78, 5) is 15.5. The summed E-state index contributed by atoms with van der Waals surface area (Å²) >= 11 is 7.69. The molecule has 0 unspecified atom stereocenters. The number of halogens is 1. The van der Waals surface area contributed by atoms with Crippen LogP contribution in [0, 0.1) is 5.92 Å². The molecule has 3 rings (SSSR count). The summed E-state index contributed by atoms with van der Waals surface area (Å²) in [6.45, 7) is 0.885. The second-order valence-corrected chi connectivity index (χ2v) is 7.36. The molecular weight excluding hydrogens is 320 g/mol. The number of aromatic nitrogens is 1. The quantitative estimate of drug-likeness (QED) is 0.872. The molecule has 0 bridgehead atoms. The number of carbonyl (C=O) groups is 1. The van der Waals surface area contributed by atoms with Crippen LogP contribution in [0.3, 0.4) is 0 Å². The van der Waals surface area contributed by atoms with Gasteiger partial charge in [0, 0.05) is 24.0 Å². The zero-order valence-corrected chi connectivity index (χ0v) is 13.8. The Morgan fingerprint density at radius 3 is 2.86 bits per heavy atom. The van der Waals surface area contributed by atoms with Crippen molar-refractivity contribution in [2.45, 2.75) is 38.1 Å². The Bertz CT molecular complexity index is 665. The fourth-order valence-corrected chi connectivity index (χ4v) is 4.10. The lowest BCUT2D eigenvalue weighted by atomic mass is 9.86. The van der Waals surface area contributed by atoms with Crippen molar-refractivity contribution in [1.82, 2.24) is 10.3 Å². The monoisotopic (exact) mass is 338 g/mol. The van der Waals surface area contributed by atoms with Crippen LogP contribution in [0.5, 0.6) is 0 Å². The van der Waals surface area contributed by atoms with E-state index in [0.29, 0.717) is 6.04 Å². The molecule has 118 valence electrons. The number of aliphatic carboxylic acids is 1. The zero-order chi connectivity index (χ0) is 15.5. The van der Waals surface area contributed by atoms with Gasteiger partial charge in [0.15, 0.2) is 0 Å². The van der Waals surface area contributed by atoms with Crippen molar-refractivity contribution in [3.63, 3.8) is 0 Å². The number of thiazole rings is 1. The maximum atomic E-state index is 10.9. The first kappa shape index (κ1) is 15.7. The Balaban J connectivity index is 1.47. The maximum Gasteiger partial charge on any atom is 0.306 e. The van der Waals surface area contributed by atoms with Gasteiger partial charge in [-0.25, -0.2) is 4.98 Å². The van der Waals surface area contributed by atoms with Crippen LogP contribution in [0.15, 0.2) is 18.2 Å². The van der Waals surface area contributed by atoms with Crippen molar-refractivity contribution in [3.8, 4) is 0 Å². The minimum absolute atomic E-state index is 0.146. The van der Waals surface area contributed by atoms with Gasteiger partial charge < -0.3 is 10.4 Å². The summed E-state index contributed by atoms with van der Waals surface area (Å²) in [6, 6.07) is 6.25. The molecule has 0 aliphatic heterocycles. The van der Waals surface area contributed by atoms with Gasteiger partial charge in [0.05, 0.1) is 21.1 Å². The van der Waals surface area contributed by atoms with Crippen LogP contribution in [0.25, 0.3) is 10.2 Å². The fraction of sp³-hybridized carbons (Fsp3) is 0.500. The number of hydrogen-bond acceptors (Lipinski definition) is 4. The first-order valence-electron chi connectivity index (χ1n) is 7.63. The van der Waals surface area contributed by atoms with Gasteiger partial charge in [0.25, 0.3) is 0 Å². The lowest BCUT2D eigenvalue weighted by Crippen LogP contribution is -2.35. The highest BCUT2D eigenvalue weighted by Gasteiger charge is 2.25. The predicted molar refractivity (Wildman–Crippen MR) is 89.7 cm³/mol. The van der Waals surface area contributed by atoms with E-state index in [2.05, 4.69) is 10.3 Å². The van der Waals surface area contributed by atoms with Crippen molar-refractivity contribution in [3.05, 3.63) is 28.2 Å². The number of nitrogens with zero attached hydrogens (tertiary/aromatic N) is 1. The molecule has 2 aromatic rings. The van der Waals surface area contributed by atoms with E-state index in [9.17, 15) is 4.79 Å². The zero-order valence-electron chi connectivity index (χ0n) is 12.2. The van der Waals surface area contributed by atoms with Gasteiger partial charge in [0.2, 0.25) is 0 Å². The largest absolute Gasteiger partial charge is 0.481 e. The number of carboxylic acid groups (broad SMARTS) is 1. The van der Waals surface area contributed by atoms with E-state index in [1.165, 1.54) is 4.70 Å². The molecule has 1 heterocycles. The Morgan fingerprint density at radius 1 is 1.36 bits per heavy atom. The highest BCUT2D eigenvalue weighted by atomic mass is 35.5. The number of rotatable bonds is 5. The van der Waals surface area contributed by atoms with E-state index in [0.717, 1.165) is 54.2 Å². The highest BCUT2D eigenvalue weighted by Crippen LogP contribution is 2.26. The van der Waals surface area contributed by atoms with Crippen LogP contribution in [-0.2, 0) is 11.2 Å². The Kier molecular flexibility index (Phi) is 4.96. The molecule has 1 saturated carbocycles. The van der Waals surface area contributed by atoms with Crippen molar-refractivity contribution in [2.24, 2.45) is 5.92 Å².